The molecule has 0 heterocycles. The van der Waals surface area contributed by atoms with Crippen molar-refractivity contribution >= 4 is 17.5 Å². The summed E-state index contributed by atoms with van der Waals surface area (Å²) in [4.78, 5) is 11.9. The van der Waals surface area contributed by atoms with E-state index in [1.165, 1.54) is 5.56 Å². The summed E-state index contributed by atoms with van der Waals surface area (Å²) in [6, 6.07) is 15.2. The lowest BCUT2D eigenvalue weighted by Crippen LogP contribution is -2.35. The normalized spacial score (nSPS) is 11.8. The van der Waals surface area contributed by atoms with Gasteiger partial charge in [0.05, 0.1) is 5.02 Å². The van der Waals surface area contributed by atoms with Gasteiger partial charge in [-0.15, -0.1) is 0 Å². The minimum Gasteiger partial charge on any atom is -0.482 e. The summed E-state index contributed by atoms with van der Waals surface area (Å²) in [5.74, 6) is 0.210. The summed E-state index contributed by atoms with van der Waals surface area (Å²) >= 11 is 5.97. The van der Waals surface area contributed by atoms with Gasteiger partial charge in [-0.1, -0.05) is 53.6 Å². The average Bonchev–Trinajstić information content (AvgIpc) is 2.59. The summed E-state index contributed by atoms with van der Waals surface area (Å²) in [7, 11) is 0. The van der Waals surface area contributed by atoms with Gasteiger partial charge in [-0.3, -0.25) is 4.79 Å². The van der Waals surface area contributed by atoms with Crippen LogP contribution in [-0.4, -0.2) is 30.8 Å². The van der Waals surface area contributed by atoms with Gasteiger partial charge in [-0.25, -0.2) is 0 Å². The SMILES string of the molecule is Cc1ccc(C[C@H](CO)CNC(=O)COc2ccccc2Cl)cc1. The smallest absolute Gasteiger partial charge is 0.257 e. The Hall–Kier alpha value is -2.04. The van der Waals surface area contributed by atoms with Gasteiger partial charge in [0.1, 0.15) is 5.75 Å². The van der Waals surface area contributed by atoms with Gasteiger partial charge >= 0.3 is 0 Å². The lowest BCUT2D eigenvalue weighted by molar-refractivity contribution is -0.123. The van der Waals surface area contributed by atoms with Gasteiger partial charge in [0, 0.05) is 19.1 Å². The number of nitrogens with one attached hydrogen (secondary N) is 1. The highest BCUT2D eigenvalue weighted by atomic mass is 35.5. The molecule has 0 aromatic heterocycles. The molecule has 1 atom stereocenters. The maximum absolute atomic E-state index is 11.9. The maximum atomic E-state index is 11.9. The molecule has 0 aliphatic rings. The molecule has 0 unspecified atom stereocenters. The van der Waals surface area contributed by atoms with Gasteiger partial charge in [-0.2, -0.15) is 0 Å². The van der Waals surface area contributed by atoms with E-state index in [4.69, 9.17) is 16.3 Å². The predicted molar refractivity (Wildman–Crippen MR) is 95.4 cm³/mol. The monoisotopic (exact) mass is 347 g/mol. The Morgan fingerprint density at radius 3 is 2.58 bits per heavy atom. The lowest BCUT2D eigenvalue weighted by Gasteiger charge is -2.15. The van der Waals surface area contributed by atoms with E-state index in [9.17, 15) is 9.90 Å². The van der Waals surface area contributed by atoms with E-state index in [1.54, 1.807) is 24.3 Å². The van der Waals surface area contributed by atoms with Gasteiger partial charge in [-0.05, 0) is 31.0 Å². The number of amides is 1. The second-order valence-electron chi connectivity index (χ2n) is 5.76. The van der Waals surface area contributed by atoms with E-state index in [0.717, 1.165) is 5.56 Å². The van der Waals surface area contributed by atoms with Crippen molar-refractivity contribution in [1.29, 1.82) is 0 Å². The Bertz CT molecular complexity index is 658. The Kier molecular flexibility index (Phi) is 7.09. The third kappa shape index (κ3) is 5.87. The second kappa shape index (κ2) is 9.30. The van der Waals surface area contributed by atoms with Crippen LogP contribution >= 0.6 is 11.6 Å². The van der Waals surface area contributed by atoms with Crippen molar-refractivity contribution in [2.75, 3.05) is 19.8 Å². The third-order valence-corrected chi connectivity index (χ3v) is 4.00. The highest BCUT2D eigenvalue weighted by Crippen LogP contribution is 2.22. The Balaban J connectivity index is 1.76. The molecule has 4 nitrogen and oxygen atoms in total. The minimum absolute atomic E-state index is 0.0134. The molecular weight excluding hydrogens is 326 g/mol. The molecule has 0 aliphatic heterocycles. The van der Waals surface area contributed by atoms with Crippen LogP contribution in [0.4, 0.5) is 0 Å². The molecule has 2 aromatic carbocycles. The summed E-state index contributed by atoms with van der Waals surface area (Å²) in [5, 5.41) is 12.8. The number of halogens is 1. The van der Waals surface area contributed by atoms with Crippen LogP contribution in [0.3, 0.4) is 0 Å². The van der Waals surface area contributed by atoms with Gasteiger partial charge < -0.3 is 15.2 Å². The molecule has 2 N–H and O–H groups in total. The van der Waals surface area contributed by atoms with Crippen LogP contribution in [0.1, 0.15) is 11.1 Å². The number of aliphatic hydroxyl groups is 1. The molecule has 24 heavy (non-hydrogen) atoms. The van der Waals surface area contributed by atoms with E-state index >= 15 is 0 Å². The predicted octanol–water partition coefficient (Wildman–Crippen LogP) is 2.99. The molecule has 0 spiro atoms. The van der Waals surface area contributed by atoms with Gasteiger partial charge in [0.2, 0.25) is 0 Å². The number of para-hydroxylation sites is 1. The van der Waals surface area contributed by atoms with Crippen molar-refractivity contribution in [3.05, 3.63) is 64.7 Å². The molecule has 2 rings (SSSR count). The van der Waals surface area contributed by atoms with E-state index in [1.807, 2.05) is 31.2 Å². The molecule has 0 saturated carbocycles. The summed E-state index contributed by atoms with van der Waals surface area (Å²) < 4.78 is 5.39. The summed E-state index contributed by atoms with van der Waals surface area (Å²) in [6.45, 7) is 2.34. The molecule has 2 aromatic rings. The van der Waals surface area contributed by atoms with Crippen molar-refractivity contribution in [3.63, 3.8) is 0 Å². The largest absolute Gasteiger partial charge is 0.482 e. The van der Waals surface area contributed by atoms with Crippen LogP contribution in [0.15, 0.2) is 48.5 Å². The topological polar surface area (TPSA) is 58.6 Å². The zero-order valence-corrected chi connectivity index (χ0v) is 14.4. The number of aryl methyl sites for hydroxylation is 1. The first-order valence-corrected chi connectivity index (χ1v) is 8.26. The molecule has 0 bridgehead atoms. The van der Waals surface area contributed by atoms with E-state index in [0.29, 0.717) is 23.7 Å². The highest BCUT2D eigenvalue weighted by Gasteiger charge is 2.11. The number of hydrogen-bond acceptors (Lipinski definition) is 3. The quantitative estimate of drug-likeness (QED) is 0.771. The van der Waals surface area contributed by atoms with Crippen LogP contribution in [-0.2, 0) is 11.2 Å². The fraction of sp³-hybridized carbons (Fsp3) is 0.316. The first-order valence-electron chi connectivity index (χ1n) is 7.89. The van der Waals surface area contributed by atoms with Crippen LogP contribution in [0, 0.1) is 12.8 Å². The summed E-state index contributed by atoms with van der Waals surface area (Å²) in [6.07, 6.45) is 0.711. The molecular formula is C19H22ClNO3. The molecule has 1 amide bonds. The van der Waals surface area contributed by atoms with Gasteiger partial charge in [0.25, 0.3) is 5.91 Å². The van der Waals surface area contributed by atoms with E-state index in [-0.39, 0.29) is 25.0 Å². The summed E-state index contributed by atoms with van der Waals surface area (Å²) in [5.41, 5.74) is 2.34. The van der Waals surface area contributed by atoms with Crippen LogP contribution in [0.5, 0.6) is 5.75 Å². The number of hydrogen-bond donors (Lipinski definition) is 2. The Labute approximate surface area is 147 Å². The molecule has 0 aliphatic carbocycles. The Morgan fingerprint density at radius 2 is 1.92 bits per heavy atom. The second-order valence-corrected chi connectivity index (χ2v) is 6.17. The molecule has 0 radical (unpaired) electrons. The molecule has 0 saturated heterocycles. The molecule has 0 fully saturated rings. The van der Waals surface area contributed by atoms with Crippen molar-refractivity contribution in [2.45, 2.75) is 13.3 Å². The third-order valence-electron chi connectivity index (χ3n) is 3.69. The van der Waals surface area contributed by atoms with Crippen molar-refractivity contribution in [2.24, 2.45) is 5.92 Å². The minimum atomic E-state index is -0.239. The first kappa shape index (κ1) is 18.3. The van der Waals surface area contributed by atoms with E-state index < -0.39 is 0 Å². The maximum Gasteiger partial charge on any atom is 0.257 e. The first-order chi connectivity index (χ1) is 11.6. The fourth-order valence-corrected chi connectivity index (χ4v) is 2.46. The molecule has 5 heteroatoms. The average molecular weight is 348 g/mol. The van der Waals surface area contributed by atoms with Crippen LogP contribution < -0.4 is 10.1 Å². The van der Waals surface area contributed by atoms with Crippen LogP contribution in [0.2, 0.25) is 5.02 Å². The highest BCUT2D eigenvalue weighted by molar-refractivity contribution is 6.32. The lowest BCUT2D eigenvalue weighted by atomic mass is 9.99. The molecule has 128 valence electrons. The zero-order chi connectivity index (χ0) is 17.4. The van der Waals surface area contributed by atoms with E-state index in [2.05, 4.69) is 5.32 Å². The standard InChI is InChI=1S/C19H22ClNO3/c1-14-6-8-15(9-7-14)10-16(12-22)11-21-19(23)13-24-18-5-3-2-4-17(18)20/h2-9,16,22H,10-13H2,1H3,(H,21,23)/t16-/m0/s1. The number of carbonyl (C=O) groups excluding carboxylic acids is 1. The number of ether oxygens (including phenoxy) is 1. The van der Waals surface area contributed by atoms with Crippen molar-refractivity contribution in [1.82, 2.24) is 5.32 Å². The van der Waals surface area contributed by atoms with Gasteiger partial charge in [0.15, 0.2) is 6.61 Å². The number of aliphatic hydroxyl groups excluding tert-OH is 1. The van der Waals surface area contributed by atoms with Crippen molar-refractivity contribution < 1.29 is 14.6 Å². The number of rotatable bonds is 8. The number of carbonyl (C=O) groups is 1. The fourth-order valence-electron chi connectivity index (χ4n) is 2.27. The number of benzene rings is 2. The zero-order valence-electron chi connectivity index (χ0n) is 13.7. The Morgan fingerprint density at radius 1 is 1.21 bits per heavy atom. The van der Waals surface area contributed by atoms with Crippen LogP contribution in [0.25, 0.3) is 0 Å². The van der Waals surface area contributed by atoms with Crippen molar-refractivity contribution in [3.8, 4) is 5.75 Å².